The molecule has 1 radical (unpaired) electrons. The number of rotatable bonds is 48. The summed E-state index contributed by atoms with van der Waals surface area (Å²) in [4.78, 5) is 31.0. The fourth-order valence-corrected chi connectivity index (χ4v) is 7.94. The Morgan fingerprint density at radius 3 is 0.410 bits per heavy atom. The van der Waals surface area contributed by atoms with Crippen LogP contribution in [-0.2, 0) is 31.2 Å². The van der Waals surface area contributed by atoms with Crippen LogP contribution in [0.25, 0.3) is 0 Å². The van der Waals surface area contributed by atoms with Crippen LogP contribution >= 0.6 is 0 Å². The quantitative estimate of drug-likeness (QED) is 0.0524. The van der Waals surface area contributed by atoms with Gasteiger partial charge in [-0.25, -0.2) is 0 Å². The van der Waals surface area contributed by atoms with Crippen LogP contribution in [0.4, 0.5) is 0 Å². The molecule has 369 valence electrons. The molecule has 0 aliphatic carbocycles. The molecular weight excluding hydrogens is 804 g/mol. The number of aliphatic carboxylic acids is 3. The molecule has 0 unspecified atom stereocenters. The van der Waals surface area contributed by atoms with E-state index in [1.165, 1.54) is 250 Å². The van der Waals surface area contributed by atoms with Gasteiger partial charge in [-0.1, -0.05) is 290 Å². The van der Waals surface area contributed by atoms with Gasteiger partial charge in [-0.15, -0.1) is 0 Å². The van der Waals surface area contributed by atoms with Gasteiger partial charge in [0.05, 0.1) is 0 Å². The van der Waals surface area contributed by atoms with Gasteiger partial charge in [0.25, 0.3) is 0 Å². The van der Waals surface area contributed by atoms with Crippen molar-refractivity contribution < 1.29 is 46.5 Å². The summed E-state index contributed by atoms with van der Waals surface area (Å²) in [5.74, 6) is -1.96. The summed E-state index contributed by atoms with van der Waals surface area (Å²) in [6, 6.07) is 0. The summed E-state index contributed by atoms with van der Waals surface area (Å²) in [5.41, 5.74) is 0. The molecule has 0 aliphatic heterocycles. The topological polar surface area (TPSA) is 112 Å². The monoisotopic (exact) mass is 912 g/mol. The minimum atomic E-state index is -0.653. The SMILES string of the molecule is CCCCCCCCCCCCCCCCCC(=O)O.CCCCCCCCCCCCCCCCCC(=O)O.CCCCCCCCCCCCCCCCCC(=O)O.[Co]. The zero-order valence-electron chi connectivity index (χ0n) is 41.3. The Balaban J connectivity index is -0.000000396. The fraction of sp³-hybridized carbons (Fsp3) is 0.944. The summed E-state index contributed by atoms with van der Waals surface area (Å²) in [6.07, 6.45) is 60.6. The van der Waals surface area contributed by atoms with Crippen molar-refractivity contribution in [1.82, 2.24) is 0 Å². The van der Waals surface area contributed by atoms with E-state index < -0.39 is 17.9 Å². The maximum atomic E-state index is 10.3. The normalized spacial score (nSPS) is 10.7. The predicted molar refractivity (Wildman–Crippen MR) is 262 cm³/mol. The number of hydrogen-bond acceptors (Lipinski definition) is 3. The molecule has 0 aromatic heterocycles. The van der Waals surface area contributed by atoms with Crippen molar-refractivity contribution in [1.29, 1.82) is 0 Å². The van der Waals surface area contributed by atoms with Crippen LogP contribution in [-0.4, -0.2) is 33.2 Å². The molecule has 0 aromatic rings. The molecule has 6 nitrogen and oxygen atoms in total. The van der Waals surface area contributed by atoms with Gasteiger partial charge in [0.2, 0.25) is 0 Å². The smallest absolute Gasteiger partial charge is 0.303 e. The molecule has 0 spiro atoms. The van der Waals surface area contributed by atoms with E-state index in [4.69, 9.17) is 15.3 Å². The number of unbranched alkanes of at least 4 members (excludes halogenated alkanes) is 42. The first-order chi connectivity index (χ1) is 29.3. The Morgan fingerprint density at radius 2 is 0.311 bits per heavy atom. The molecule has 0 heterocycles. The van der Waals surface area contributed by atoms with E-state index in [1.807, 2.05) is 0 Å². The van der Waals surface area contributed by atoms with E-state index in [0.717, 1.165) is 38.5 Å². The predicted octanol–water partition coefficient (Wildman–Crippen LogP) is 19.0. The average Bonchev–Trinajstić information content (AvgIpc) is 3.22. The molecule has 0 saturated carbocycles. The molecule has 0 rings (SSSR count). The van der Waals surface area contributed by atoms with Crippen LogP contribution in [0, 0.1) is 0 Å². The van der Waals surface area contributed by atoms with Crippen LogP contribution in [0.3, 0.4) is 0 Å². The Bertz CT molecular complexity index is 717. The van der Waals surface area contributed by atoms with Gasteiger partial charge in [0.15, 0.2) is 0 Å². The summed E-state index contributed by atoms with van der Waals surface area (Å²) in [7, 11) is 0. The van der Waals surface area contributed by atoms with Crippen LogP contribution < -0.4 is 0 Å². The summed E-state index contributed by atoms with van der Waals surface area (Å²) in [6.45, 7) is 6.81. The van der Waals surface area contributed by atoms with Crippen molar-refractivity contribution in [2.75, 3.05) is 0 Å². The minimum Gasteiger partial charge on any atom is -0.481 e. The van der Waals surface area contributed by atoms with E-state index in [1.54, 1.807) is 0 Å². The third-order valence-electron chi connectivity index (χ3n) is 12.0. The molecule has 61 heavy (non-hydrogen) atoms. The summed E-state index contributed by atoms with van der Waals surface area (Å²) < 4.78 is 0. The van der Waals surface area contributed by atoms with Crippen LogP contribution in [0.2, 0.25) is 0 Å². The van der Waals surface area contributed by atoms with Gasteiger partial charge >= 0.3 is 17.9 Å². The third kappa shape index (κ3) is 76.6. The van der Waals surface area contributed by atoms with Crippen LogP contribution in [0.15, 0.2) is 0 Å². The van der Waals surface area contributed by atoms with E-state index in [2.05, 4.69) is 20.8 Å². The van der Waals surface area contributed by atoms with E-state index in [0.29, 0.717) is 19.3 Å². The van der Waals surface area contributed by atoms with Gasteiger partial charge < -0.3 is 15.3 Å². The zero-order chi connectivity index (χ0) is 44.7. The largest absolute Gasteiger partial charge is 0.481 e. The Labute approximate surface area is 391 Å². The van der Waals surface area contributed by atoms with Crippen molar-refractivity contribution in [3.8, 4) is 0 Å². The first-order valence-corrected chi connectivity index (χ1v) is 27.0. The number of carbonyl (C=O) groups is 3. The molecule has 0 bridgehead atoms. The third-order valence-corrected chi connectivity index (χ3v) is 12.0. The zero-order valence-corrected chi connectivity index (χ0v) is 42.4. The second-order valence-electron chi connectivity index (χ2n) is 18.3. The van der Waals surface area contributed by atoms with E-state index >= 15 is 0 Å². The Kier molecular flexibility index (Phi) is 68.9. The maximum Gasteiger partial charge on any atom is 0.303 e. The summed E-state index contributed by atoms with van der Waals surface area (Å²) >= 11 is 0. The Morgan fingerprint density at radius 1 is 0.213 bits per heavy atom. The standard InChI is InChI=1S/3C18H36O2.Co/c3*1-2-3-4-5-6-7-8-9-10-11-12-13-14-15-16-17-18(19)20;/h3*2-17H2,1H3,(H,19,20);. The van der Waals surface area contributed by atoms with Gasteiger partial charge in [-0.3, -0.25) is 14.4 Å². The second kappa shape index (κ2) is 63.2. The van der Waals surface area contributed by atoms with Crippen LogP contribution in [0.1, 0.15) is 329 Å². The van der Waals surface area contributed by atoms with Crippen molar-refractivity contribution >= 4 is 17.9 Å². The van der Waals surface area contributed by atoms with E-state index in [-0.39, 0.29) is 16.8 Å². The molecular formula is C54H108CoO6. The van der Waals surface area contributed by atoms with E-state index in [9.17, 15) is 14.4 Å². The average molecular weight is 912 g/mol. The molecule has 0 aliphatic rings. The minimum absolute atomic E-state index is 0. The number of carboxylic acid groups (broad SMARTS) is 3. The van der Waals surface area contributed by atoms with Gasteiger partial charge in [0, 0.05) is 36.0 Å². The first kappa shape index (κ1) is 66.5. The number of carboxylic acids is 3. The fourth-order valence-electron chi connectivity index (χ4n) is 7.94. The van der Waals surface area contributed by atoms with Gasteiger partial charge in [0.1, 0.15) is 0 Å². The van der Waals surface area contributed by atoms with Crippen molar-refractivity contribution in [2.45, 2.75) is 329 Å². The second-order valence-corrected chi connectivity index (χ2v) is 18.3. The van der Waals surface area contributed by atoms with Gasteiger partial charge in [-0.05, 0) is 19.3 Å². The van der Waals surface area contributed by atoms with Crippen molar-refractivity contribution in [2.24, 2.45) is 0 Å². The molecule has 0 amide bonds. The molecule has 3 N–H and O–H groups in total. The van der Waals surface area contributed by atoms with Gasteiger partial charge in [-0.2, -0.15) is 0 Å². The summed E-state index contributed by atoms with van der Waals surface area (Å²) in [5, 5.41) is 25.6. The first-order valence-electron chi connectivity index (χ1n) is 27.0. The molecule has 0 fully saturated rings. The molecule has 7 heteroatoms. The Hall–Kier alpha value is -1.08. The van der Waals surface area contributed by atoms with Crippen molar-refractivity contribution in [3.63, 3.8) is 0 Å². The molecule has 0 saturated heterocycles. The van der Waals surface area contributed by atoms with Crippen molar-refractivity contribution in [3.05, 3.63) is 0 Å². The maximum absolute atomic E-state index is 10.3. The molecule has 0 aromatic carbocycles. The number of hydrogen-bond donors (Lipinski definition) is 3. The molecule has 0 atom stereocenters. The van der Waals surface area contributed by atoms with Crippen LogP contribution in [0.5, 0.6) is 0 Å².